The minimum Gasteiger partial charge on any atom is -0.371 e. The number of rotatable bonds is 4. The summed E-state index contributed by atoms with van der Waals surface area (Å²) in [6.07, 6.45) is 9.80. The molecule has 3 aliphatic rings. The zero-order chi connectivity index (χ0) is 27.9. The largest absolute Gasteiger partial charge is 0.371 e. The van der Waals surface area contributed by atoms with E-state index in [0.29, 0.717) is 26.6 Å². The Morgan fingerprint density at radius 3 is 2.25 bits per heavy atom. The molecule has 2 saturated heterocycles. The lowest BCUT2D eigenvalue weighted by Crippen LogP contribution is -2.48. The average molecular weight is 578 g/mol. The minimum atomic E-state index is -0.207. The lowest BCUT2D eigenvalue weighted by molar-refractivity contribution is 0.0515. The Morgan fingerprint density at radius 1 is 0.925 bits per heavy atom. The van der Waals surface area contributed by atoms with E-state index in [1.54, 1.807) is 30.1 Å². The third kappa shape index (κ3) is 5.08. The Balaban J connectivity index is 1.11. The number of anilines is 1. The maximum Gasteiger partial charge on any atom is 0.257 e. The Bertz CT molecular complexity index is 1390. The Morgan fingerprint density at radius 2 is 1.57 bits per heavy atom. The number of aromatic nitrogens is 1. The number of pyridine rings is 1. The van der Waals surface area contributed by atoms with Gasteiger partial charge in [-0.3, -0.25) is 14.6 Å². The van der Waals surface area contributed by atoms with E-state index in [4.69, 9.17) is 23.2 Å². The smallest absolute Gasteiger partial charge is 0.257 e. The highest BCUT2D eigenvalue weighted by atomic mass is 35.5. The molecule has 2 aliphatic heterocycles. The van der Waals surface area contributed by atoms with Crippen LogP contribution < -0.4 is 4.90 Å². The molecule has 1 aliphatic carbocycles. The number of benzene rings is 2. The molecule has 6 nitrogen and oxygen atoms in total. The van der Waals surface area contributed by atoms with Gasteiger partial charge in [-0.25, -0.2) is 0 Å². The molecule has 0 N–H and O–H groups in total. The van der Waals surface area contributed by atoms with Crippen molar-refractivity contribution in [3.05, 3.63) is 93.2 Å². The van der Waals surface area contributed by atoms with Crippen LogP contribution >= 0.6 is 23.2 Å². The molecular weight excluding hydrogens is 543 g/mol. The third-order valence-electron chi connectivity index (χ3n) is 9.37. The molecule has 0 saturated carbocycles. The second kappa shape index (κ2) is 11.1. The highest BCUT2D eigenvalue weighted by molar-refractivity contribution is 6.39. The van der Waals surface area contributed by atoms with Crippen molar-refractivity contribution in [3.63, 3.8) is 0 Å². The third-order valence-corrected chi connectivity index (χ3v) is 10.00. The molecule has 0 bridgehead atoms. The van der Waals surface area contributed by atoms with Gasteiger partial charge in [-0.1, -0.05) is 35.3 Å². The van der Waals surface area contributed by atoms with Crippen molar-refractivity contribution in [1.82, 2.24) is 14.8 Å². The summed E-state index contributed by atoms with van der Waals surface area (Å²) in [6.45, 7) is 3.68. The summed E-state index contributed by atoms with van der Waals surface area (Å²) in [6, 6.07) is 15.2. The molecule has 2 fully saturated rings. The molecule has 208 valence electrons. The van der Waals surface area contributed by atoms with Crippen LogP contribution in [0.4, 0.5) is 5.69 Å². The number of fused-ring (bicyclic) bond motifs is 1. The summed E-state index contributed by atoms with van der Waals surface area (Å²) >= 11 is 12.7. The van der Waals surface area contributed by atoms with Crippen molar-refractivity contribution >= 4 is 40.7 Å². The summed E-state index contributed by atoms with van der Waals surface area (Å²) in [5.74, 6) is -0.123. The van der Waals surface area contributed by atoms with Crippen LogP contribution in [-0.4, -0.2) is 59.8 Å². The van der Waals surface area contributed by atoms with Gasteiger partial charge in [0.1, 0.15) is 0 Å². The van der Waals surface area contributed by atoms with E-state index in [0.717, 1.165) is 70.3 Å². The van der Waals surface area contributed by atoms with Crippen molar-refractivity contribution in [2.75, 3.05) is 38.1 Å². The monoisotopic (exact) mass is 576 g/mol. The summed E-state index contributed by atoms with van der Waals surface area (Å²) in [5, 5.41) is 0.690. The van der Waals surface area contributed by atoms with Crippen LogP contribution in [0.2, 0.25) is 10.0 Å². The van der Waals surface area contributed by atoms with Gasteiger partial charge in [-0.05, 0) is 91.5 Å². The molecule has 1 aromatic heterocycles. The number of aryl methyl sites for hydroxylation is 1. The molecule has 2 amide bonds. The first kappa shape index (κ1) is 27.1. The number of piperidine rings is 2. The lowest BCUT2D eigenvalue weighted by Gasteiger charge is -2.47. The number of hydrogen-bond donors (Lipinski definition) is 0. The second-order valence-corrected chi connectivity index (χ2v) is 12.3. The molecule has 40 heavy (non-hydrogen) atoms. The normalized spacial score (nSPS) is 19.9. The number of halogens is 2. The van der Waals surface area contributed by atoms with Gasteiger partial charge in [0, 0.05) is 56.9 Å². The number of hydrogen-bond acceptors (Lipinski definition) is 4. The minimum absolute atomic E-state index is 0.0839. The second-order valence-electron chi connectivity index (χ2n) is 11.5. The fourth-order valence-corrected chi connectivity index (χ4v) is 7.36. The molecule has 1 spiro atoms. The van der Waals surface area contributed by atoms with E-state index in [2.05, 4.69) is 28.1 Å². The van der Waals surface area contributed by atoms with E-state index in [1.165, 1.54) is 11.3 Å². The topological polar surface area (TPSA) is 56.8 Å². The molecule has 6 rings (SSSR count). The van der Waals surface area contributed by atoms with Crippen molar-refractivity contribution in [1.29, 1.82) is 0 Å². The fraction of sp³-hybridized carbons (Fsp3) is 0.406. The first-order valence-corrected chi connectivity index (χ1v) is 14.9. The quantitative estimate of drug-likeness (QED) is 0.348. The highest BCUT2D eigenvalue weighted by Gasteiger charge is 2.39. The molecule has 0 radical (unpaired) electrons. The highest BCUT2D eigenvalue weighted by Crippen LogP contribution is 2.43. The number of carbonyl (C=O) groups is 2. The van der Waals surface area contributed by atoms with Crippen molar-refractivity contribution in [3.8, 4) is 0 Å². The van der Waals surface area contributed by atoms with Crippen LogP contribution in [0.3, 0.4) is 0 Å². The van der Waals surface area contributed by atoms with Gasteiger partial charge in [0.25, 0.3) is 11.8 Å². The van der Waals surface area contributed by atoms with Crippen LogP contribution in [0.5, 0.6) is 0 Å². The zero-order valence-electron chi connectivity index (χ0n) is 22.8. The predicted molar refractivity (Wildman–Crippen MR) is 159 cm³/mol. The van der Waals surface area contributed by atoms with Gasteiger partial charge in [-0.15, -0.1) is 0 Å². The van der Waals surface area contributed by atoms with Crippen LogP contribution in [0, 0.1) is 5.41 Å². The van der Waals surface area contributed by atoms with Gasteiger partial charge < -0.3 is 14.7 Å². The van der Waals surface area contributed by atoms with Crippen molar-refractivity contribution < 1.29 is 9.59 Å². The summed E-state index contributed by atoms with van der Waals surface area (Å²) < 4.78 is 0. The maximum atomic E-state index is 13.6. The zero-order valence-corrected chi connectivity index (χ0v) is 24.3. The van der Waals surface area contributed by atoms with E-state index in [1.807, 2.05) is 29.4 Å². The molecule has 3 heterocycles. The van der Waals surface area contributed by atoms with Gasteiger partial charge in [-0.2, -0.15) is 0 Å². The number of nitrogens with zero attached hydrogens (tertiary/aromatic N) is 4. The molecule has 1 atom stereocenters. The number of likely N-dealkylation sites (tertiary alicyclic amines) is 1. The maximum absolute atomic E-state index is 13.6. The molecule has 1 unspecified atom stereocenters. The van der Waals surface area contributed by atoms with Crippen LogP contribution in [-0.2, 0) is 6.42 Å². The number of carbonyl (C=O) groups excluding carboxylic acids is 2. The summed E-state index contributed by atoms with van der Waals surface area (Å²) in [4.78, 5) is 37.3. The number of amides is 2. The first-order chi connectivity index (χ1) is 19.3. The van der Waals surface area contributed by atoms with Crippen molar-refractivity contribution in [2.24, 2.45) is 5.41 Å². The average Bonchev–Trinajstić information content (AvgIpc) is 3.41. The van der Waals surface area contributed by atoms with Gasteiger partial charge in [0.15, 0.2) is 0 Å². The Labute approximate surface area is 245 Å². The fourth-order valence-electron chi connectivity index (χ4n) is 6.80. The first-order valence-electron chi connectivity index (χ1n) is 14.1. The molecule has 3 aromatic rings. The summed E-state index contributed by atoms with van der Waals surface area (Å²) in [5.41, 5.74) is 4.82. The van der Waals surface area contributed by atoms with Crippen LogP contribution in [0.15, 0.2) is 60.9 Å². The SMILES string of the molecule is CN(C(=O)c1c(Cl)cccc1Cl)C1CCc2ccc(C(=O)N3CCC4(CC3)CCN(c3ccncc3)CC4)cc21. The van der Waals surface area contributed by atoms with E-state index < -0.39 is 0 Å². The van der Waals surface area contributed by atoms with E-state index in [-0.39, 0.29) is 17.9 Å². The van der Waals surface area contributed by atoms with Gasteiger partial charge >= 0.3 is 0 Å². The lowest BCUT2D eigenvalue weighted by atomic mass is 9.71. The van der Waals surface area contributed by atoms with Crippen molar-refractivity contribution in [2.45, 2.75) is 44.6 Å². The summed E-state index contributed by atoms with van der Waals surface area (Å²) in [7, 11) is 1.79. The van der Waals surface area contributed by atoms with E-state index in [9.17, 15) is 9.59 Å². The molecule has 8 heteroatoms. The molecular formula is C32H34Cl2N4O2. The van der Waals surface area contributed by atoms with Crippen LogP contribution in [0.25, 0.3) is 0 Å². The Kier molecular flexibility index (Phi) is 7.49. The van der Waals surface area contributed by atoms with E-state index >= 15 is 0 Å². The predicted octanol–water partition coefficient (Wildman–Crippen LogP) is 6.67. The molecule has 2 aromatic carbocycles. The van der Waals surface area contributed by atoms with Gasteiger partial charge in [0.05, 0.1) is 21.7 Å². The van der Waals surface area contributed by atoms with Crippen LogP contribution in [0.1, 0.15) is 70.0 Å². The van der Waals surface area contributed by atoms with Gasteiger partial charge in [0.2, 0.25) is 0 Å². The Hall–Kier alpha value is -3.09. The standard InChI is InChI=1S/C32H34Cl2N4O2/c1-36(31(40)29-26(33)3-2-4-27(29)34)28-8-7-22-5-6-23(21-25(22)28)30(39)38-19-13-32(14-20-38)11-17-37(18-12-32)24-9-15-35-16-10-24/h2-6,9-10,15-16,21,28H,7-8,11-14,17-20H2,1H3.